The molecule has 0 aliphatic rings. The van der Waals surface area contributed by atoms with Gasteiger partial charge in [-0.3, -0.25) is 4.79 Å². The van der Waals surface area contributed by atoms with Crippen molar-refractivity contribution < 1.29 is 19.4 Å². The Balaban J connectivity index is 2.64. The predicted octanol–water partition coefficient (Wildman–Crippen LogP) is 3.14. The Hall–Kier alpha value is -1.71. The zero-order chi connectivity index (χ0) is 14.3. The van der Waals surface area contributed by atoms with Crippen molar-refractivity contribution in [2.24, 2.45) is 5.92 Å². The van der Waals surface area contributed by atoms with Crippen molar-refractivity contribution in [3.63, 3.8) is 0 Å². The number of carbonyl (C=O) groups is 1. The highest BCUT2D eigenvalue weighted by atomic mass is 16.5. The average Bonchev–Trinajstić information content (AvgIpc) is 2.36. The van der Waals surface area contributed by atoms with Crippen LogP contribution in [0.2, 0.25) is 0 Å². The topological polar surface area (TPSA) is 55.8 Å². The van der Waals surface area contributed by atoms with Crippen LogP contribution < -0.4 is 9.47 Å². The molecule has 1 aromatic rings. The first-order chi connectivity index (χ1) is 9.02. The fourth-order valence-electron chi connectivity index (χ4n) is 1.64. The first-order valence-electron chi connectivity index (χ1n) is 6.54. The van der Waals surface area contributed by atoms with Crippen LogP contribution >= 0.6 is 0 Å². The molecule has 106 valence electrons. The molecule has 0 saturated heterocycles. The van der Waals surface area contributed by atoms with Crippen molar-refractivity contribution in [2.45, 2.75) is 33.1 Å². The van der Waals surface area contributed by atoms with Gasteiger partial charge in [0.05, 0.1) is 13.7 Å². The first-order valence-corrected chi connectivity index (χ1v) is 6.54. The second kappa shape index (κ2) is 7.67. The molecule has 0 aliphatic heterocycles. The van der Waals surface area contributed by atoms with E-state index in [0.29, 0.717) is 30.4 Å². The molecular formula is C15H22O4. The molecule has 1 rings (SSSR count). The summed E-state index contributed by atoms with van der Waals surface area (Å²) in [5.41, 5.74) is 0.940. The summed E-state index contributed by atoms with van der Waals surface area (Å²) in [6, 6.07) is 5.57. The molecule has 0 aliphatic carbocycles. The van der Waals surface area contributed by atoms with Crippen LogP contribution in [0.4, 0.5) is 0 Å². The molecular weight excluding hydrogens is 244 g/mol. The number of rotatable bonds is 8. The van der Waals surface area contributed by atoms with E-state index in [-0.39, 0.29) is 6.42 Å². The van der Waals surface area contributed by atoms with E-state index in [4.69, 9.17) is 14.6 Å². The van der Waals surface area contributed by atoms with Crippen molar-refractivity contribution in [3.8, 4) is 11.5 Å². The number of hydrogen-bond acceptors (Lipinski definition) is 3. The van der Waals surface area contributed by atoms with Gasteiger partial charge in [0.1, 0.15) is 0 Å². The maximum atomic E-state index is 10.5. The van der Waals surface area contributed by atoms with Crippen LogP contribution in [0.15, 0.2) is 18.2 Å². The highest BCUT2D eigenvalue weighted by Crippen LogP contribution is 2.28. The zero-order valence-corrected chi connectivity index (χ0v) is 11.8. The van der Waals surface area contributed by atoms with Gasteiger partial charge in [-0.05, 0) is 36.5 Å². The van der Waals surface area contributed by atoms with E-state index < -0.39 is 5.97 Å². The lowest BCUT2D eigenvalue weighted by atomic mass is 10.1. The number of methoxy groups -OCH3 is 1. The van der Waals surface area contributed by atoms with Crippen LogP contribution in [-0.2, 0) is 11.2 Å². The van der Waals surface area contributed by atoms with Crippen LogP contribution in [0.3, 0.4) is 0 Å². The third-order valence-electron chi connectivity index (χ3n) is 2.81. The Morgan fingerprint density at radius 2 is 2.05 bits per heavy atom. The van der Waals surface area contributed by atoms with Crippen LogP contribution in [0.25, 0.3) is 0 Å². The maximum absolute atomic E-state index is 10.5. The van der Waals surface area contributed by atoms with Gasteiger partial charge in [0.2, 0.25) is 0 Å². The van der Waals surface area contributed by atoms with Crippen LogP contribution in [0.5, 0.6) is 11.5 Å². The minimum absolute atomic E-state index is 0.122. The molecule has 0 bridgehead atoms. The number of benzene rings is 1. The van der Waals surface area contributed by atoms with Crippen molar-refractivity contribution in [1.29, 1.82) is 0 Å². The number of hydrogen-bond donors (Lipinski definition) is 1. The Morgan fingerprint density at radius 3 is 2.63 bits per heavy atom. The van der Waals surface area contributed by atoms with E-state index >= 15 is 0 Å². The zero-order valence-electron chi connectivity index (χ0n) is 11.8. The van der Waals surface area contributed by atoms with Crippen LogP contribution in [-0.4, -0.2) is 24.8 Å². The quantitative estimate of drug-likeness (QED) is 0.785. The van der Waals surface area contributed by atoms with E-state index in [1.165, 1.54) is 0 Å². The monoisotopic (exact) mass is 266 g/mol. The van der Waals surface area contributed by atoms with Gasteiger partial charge in [0.15, 0.2) is 11.5 Å². The fourth-order valence-corrected chi connectivity index (χ4v) is 1.64. The summed E-state index contributed by atoms with van der Waals surface area (Å²) in [6.07, 6.45) is 1.61. The van der Waals surface area contributed by atoms with E-state index in [1.54, 1.807) is 7.11 Å². The molecule has 4 heteroatoms. The van der Waals surface area contributed by atoms with Crippen LogP contribution in [0.1, 0.15) is 32.3 Å². The lowest BCUT2D eigenvalue weighted by Gasteiger charge is -2.13. The largest absolute Gasteiger partial charge is 0.493 e. The summed E-state index contributed by atoms with van der Waals surface area (Å²) in [4.78, 5) is 10.5. The Bertz CT molecular complexity index is 413. The number of aliphatic carboxylic acids is 1. The molecule has 0 atom stereocenters. The molecule has 1 N–H and O–H groups in total. The third-order valence-corrected chi connectivity index (χ3v) is 2.81. The standard InChI is InChI=1S/C15H22O4/c1-11(2)8-9-19-13-6-4-12(5-7-15(16)17)10-14(13)18-3/h4,6,10-11H,5,7-9H2,1-3H3,(H,16,17). The molecule has 0 saturated carbocycles. The van der Waals surface area contributed by atoms with Crippen molar-refractivity contribution in [1.82, 2.24) is 0 Å². The molecule has 19 heavy (non-hydrogen) atoms. The van der Waals surface area contributed by atoms with Crippen LogP contribution in [0, 0.1) is 5.92 Å². The second-order valence-electron chi connectivity index (χ2n) is 4.91. The SMILES string of the molecule is COc1cc(CCC(=O)O)ccc1OCCC(C)C. The van der Waals surface area contributed by atoms with Crippen molar-refractivity contribution in [3.05, 3.63) is 23.8 Å². The van der Waals surface area contributed by atoms with E-state index in [1.807, 2.05) is 18.2 Å². The van der Waals surface area contributed by atoms with Gasteiger partial charge in [0, 0.05) is 6.42 Å². The molecule has 4 nitrogen and oxygen atoms in total. The predicted molar refractivity (Wildman–Crippen MR) is 73.9 cm³/mol. The molecule has 0 amide bonds. The van der Waals surface area contributed by atoms with Crippen molar-refractivity contribution >= 4 is 5.97 Å². The molecule has 0 fully saturated rings. The highest BCUT2D eigenvalue weighted by Gasteiger charge is 2.07. The Morgan fingerprint density at radius 1 is 1.32 bits per heavy atom. The third kappa shape index (κ3) is 5.64. The summed E-state index contributed by atoms with van der Waals surface area (Å²) < 4.78 is 11.0. The van der Waals surface area contributed by atoms with Gasteiger partial charge in [0.25, 0.3) is 0 Å². The molecule has 0 heterocycles. The minimum Gasteiger partial charge on any atom is -0.493 e. The molecule has 0 spiro atoms. The lowest BCUT2D eigenvalue weighted by Crippen LogP contribution is -2.03. The first kappa shape index (κ1) is 15.3. The van der Waals surface area contributed by atoms with Gasteiger partial charge >= 0.3 is 5.97 Å². The minimum atomic E-state index is -0.795. The summed E-state index contributed by atoms with van der Waals surface area (Å²) in [6.45, 7) is 4.95. The molecule has 1 aromatic carbocycles. The normalized spacial score (nSPS) is 10.5. The molecule has 0 unspecified atom stereocenters. The lowest BCUT2D eigenvalue weighted by molar-refractivity contribution is -0.136. The van der Waals surface area contributed by atoms with E-state index in [9.17, 15) is 4.79 Å². The summed E-state index contributed by atoms with van der Waals surface area (Å²) in [5, 5.41) is 8.67. The van der Waals surface area contributed by atoms with Gasteiger partial charge in [-0.2, -0.15) is 0 Å². The average molecular weight is 266 g/mol. The Labute approximate surface area is 114 Å². The van der Waals surface area contributed by atoms with E-state index in [2.05, 4.69) is 13.8 Å². The smallest absolute Gasteiger partial charge is 0.303 e. The maximum Gasteiger partial charge on any atom is 0.303 e. The summed E-state index contributed by atoms with van der Waals surface area (Å²) in [5.74, 6) is 1.17. The Kier molecular flexibility index (Phi) is 6.19. The highest BCUT2D eigenvalue weighted by molar-refractivity contribution is 5.67. The second-order valence-corrected chi connectivity index (χ2v) is 4.91. The number of ether oxygens (including phenoxy) is 2. The van der Waals surface area contributed by atoms with Gasteiger partial charge in [-0.25, -0.2) is 0 Å². The fraction of sp³-hybridized carbons (Fsp3) is 0.533. The summed E-state index contributed by atoms with van der Waals surface area (Å²) in [7, 11) is 1.59. The van der Waals surface area contributed by atoms with Crippen molar-refractivity contribution in [2.75, 3.05) is 13.7 Å². The van der Waals surface area contributed by atoms with Gasteiger partial charge in [-0.1, -0.05) is 19.9 Å². The van der Waals surface area contributed by atoms with Gasteiger partial charge in [-0.15, -0.1) is 0 Å². The number of aryl methyl sites for hydroxylation is 1. The summed E-state index contributed by atoms with van der Waals surface area (Å²) >= 11 is 0. The molecule has 0 radical (unpaired) electrons. The van der Waals surface area contributed by atoms with E-state index in [0.717, 1.165) is 12.0 Å². The number of carboxylic acid groups (broad SMARTS) is 1. The molecule has 0 aromatic heterocycles. The van der Waals surface area contributed by atoms with Gasteiger partial charge < -0.3 is 14.6 Å². The number of carboxylic acids is 1.